The van der Waals surface area contributed by atoms with E-state index < -0.39 is 101 Å². The molecular weight excluding hydrogens is 1190 g/mol. The Hall–Kier alpha value is -7.44. The molecular formula is C66H91FN10O11S2. The number of aliphatic hydroxyl groups excluding tert-OH is 1. The molecule has 2 aliphatic rings. The van der Waals surface area contributed by atoms with Crippen LogP contribution in [0.4, 0.5) is 4.39 Å². The molecule has 3 aromatic carbocycles. The number of halogens is 1. The third kappa shape index (κ3) is 21.6. The van der Waals surface area contributed by atoms with E-state index in [-0.39, 0.29) is 44.0 Å². The molecule has 9 atom stereocenters. The van der Waals surface area contributed by atoms with Crippen LogP contribution in [0.15, 0.2) is 85.1 Å². The van der Waals surface area contributed by atoms with Gasteiger partial charge in [-0.05, 0) is 132 Å². The van der Waals surface area contributed by atoms with Crippen molar-refractivity contribution in [1.82, 2.24) is 52.4 Å². The van der Waals surface area contributed by atoms with Gasteiger partial charge in [0, 0.05) is 72.5 Å². The molecule has 1 saturated heterocycles. The minimum absolute atomic E-state index is 0.0461. The predicted molar refractivity (Wildman–Crippen MR) is 348 cm³/mol. The molecule has 2 bridgehead atoms. The van der Waals surface area contributed by atoms with Crippen molar-refractivity contribution in [3.8, 4) is 5.75 Å². The van der Waals surface area contributed by atoms with Gasteiger partial charge in [0.15, 0.2) is 0 Å². The van der Waals surface area contributed by atoms with Gasteiger partial charge in [0.05, 0.1) is 13.2 Å². The Labute approximate surface area is 535 Å². The SMILES string of the molecule is CCCCC/C=C\CCCC[C@@H]1NC(=O)[C@@H](C)NC(=O)[C@H](C)NC(=O)CCSCc2cccc(c2)CSCCNC(=O)[C@]2(C)CCCN2C(=O)[C@H](Cc2ccc(OC)cc2)NC(=O)[C@H]([C@@H](C)O)NC(=O)[C@H](C)NC(=O)[C@H](Cc2c[nH]c3ccc(F)cc23)NC1=O. The van der Waals surface area contributed by atoms with Gasteiger partial charge in [0.2, 0.25) is 53.2 Å². The number of hydrogen-bond acceptors (Lipinski definition) is 13. The summed E-state index contributed by atoms with van der Waals surface area (Å²) in [7, 11) is 1.51. The molecule has 490 valence electrons. The number of benzene rings is 3. The molecule has 0 spiro atoms. The monoisotopic (exact) mass is 1280 g/mol. The first-order valence-electron chi connectivity index (χ1n) is 31.3. The van der Waals surface area contributed by atoms with Gasteiger partial charge in [-0.15, -0.1) is 0 Å². The second kappa shape index (κ2) is 35.8. The molecule has 9 amide bonds. The second-order valence-corrected chi connectivity index (χ2v) is 25.7. The van der Waals surface area contributed by atoms with E-state index in [0.717, 1.165) is 36.8 Å². The highest BCUT2D eigenvalue weighted by Crippen LogP contribution is 2.31. The molecule has 6 rings (SSSR count). The average molecular weight is 1280 g/mol. The maximum atomic E-state index is 14.9. The first-order valence-corrected chi connectivity index (χ1v) is 33.6. The average Bonchev–Trinajstić information content (AvgIpc) is 1.76. The molecule has 10 N–H and O–H groups in total. The van der Waals surface area contributed by atoms with Crippen LogP contribution < -0.4 is 47.3 Å². The Morgan fingerprint density at radius 2 is 1.31 bits per heavy atom. The standard InChI is InChI=1S/C66H91FN10O11S2/c1-8-9-10-11-12-13-14-15-16-21-53-61(83)74-54(36-48-38-69-52-27-24-49(67)37-51(48)52)62(84)72-43(4)60(82)76-57(44(5)78)63(85)75-55(35-45-22-25-50(88-7)26-23-45)64(86)77-31-18-29-66(77,6)65(87)68-30-33-90-40-47-20-17-19-46(34-47)39-89-32-28-56(79)70-41(2)58(80)71-42(3)59(81)73-53/h12-13,17,19-20,22-27,34,37-38,41-44,53-55,57,69,78H,8-11,14-16,18,21,28-33,35-36,39-40H2,1-7H3,(H,68,87)(H,70,79)(H,71,80)(H,72,84)(H,73,81)(H,74,83)(H,75,85)(H,76,82)/b13-12-/t41-,42+,43-,44+,53-,54-,55-,57-,66-/m0/s1. The summed E-state index contributed by atoms with van der Waals surface area (Å²) in [5.41, 5.74) is 2.44. The number of fused-ring (bicyclic) bond motifs is 4. The van der Waals surface area contributed by atoms with Gasteiger partial charge in [-0.1, -0.05) is 74.7 Å². The predicted octanol–water partition coefficient (Wildman–Crippen LogP) is 5.70. The number of methoxy groups -OCH3 is 1. The molecule has 1 fully saturated rings. The minimum Gasteiger partial charge on any atom is -0.497 e. The lowest BCUT2D eigenvalue weighted by Crippen LogP contribution is -2.63. The summed E-state index contributed by atoms with van der Waals surface area (Å²) in [6, 6.07) is 9.70. The highest BCUT2D eigenvalue weighted by atomic mass is 32.2. The van der Waals surface area contributed by atoms with Crippen molar-refractivity contribution in [2.75, 3.05) is 31.7 Å². The van der Waals surface area contributed by atoms with Crippen molar-refractivity contribution in [3.05, 3.63) is 113 Å². The van der Waals surface area contributed by atoms with Crippen molar-refractivity contribution in [3.63, 3.8) is 0 Å². The van der Waals surface area contributed by atoms with Crippen molar-refractivity contribution in [2.24, 2.45) is 0 Å². The quantitative estimate of drug-likeness (QED) is 0.0506. The maximum Gasteiger partial charge on any atom is 0.246 e. The van der Waals surface area contributed by atoms with Crippen LogP contribution in [0.2, 0.25) is 0 Å². The molecule has 0 aliphatic carbocycles. The number of carbonyl (C=O) groups excluding carboxylic acids is 9. The van der Waals surface area contributed by atoms with Crippen LogP contribution in [0.1, 0.15) is 134 Å². The van der Waals surface area contributed by atoms with E-state index in [1.54, 1.807) is 60.9 Å². The van der Waals surface area contributed by atoms with Crippen LogP contribution in [0, 0.1) is 5.82 Å². The van der Waals surface area contributed by atoms with E-state index in [2.05, 4.69) is 72.7 Å². The van der Waals surface area contributed by atoms with Gasteiger partial charge in [0.1, 0.15) is 59.4 Å². The summed E-state index contributed by atoms with van der Waals surface area (Å²) in [6.45, 7) is 9.90. The molecule has 4 aromatic rings. The summed E-state index contributed by atoms with van der Waals surface area (Å²) >= 11 is 3.19. The van der Waals surface area contributed by atoms with Crippen LogP contribution in [-0.4, -0.2) is 154 Å². The molecule has 3 heterocycles. The highest BCUT2D eigenvalue weighted by molar-refractivity contribution is 7.98. The molecule has 0 unspecified atom stereocenters. The van der Waals surface area contributed by atoms with E-state index >= 15 is 0 Å². The van der Waals surface area contributed by atoms with Gasteiger partial charge >= 0.3 is 0 Å². The van der Waals surface area contributed by atoms with Gasteiger partial charge in [-0.2, -0.15) is 23.5 Å². The smallest absolute Gasteiger partial charge is 0.246 e. The van der Waals surface area contributed by atoms with Crippen molar-refractivity contribution >= 4 is 87.6 Å². The van der Waals surface area contributed by atoms with E-state index in [4.69, 9.17) is 4.74 Å². The lowest BCUT2D eigenvalue weighted by atomic mass is 9.95. The van der Waals surface area contributed by atoms with Gasteiger partial charge in [-0.25, -0.2) is 4.39 Å². The summed E-state index contributed by atoms with van der Waals surface area (Å²) in [6.07, 6.45) is 11.1. The fraction of sp³-hybridized carbons (Fsp3) is 0.530. The van der Waals surface area contributed by atoms with Crippen molar-refractivity contribution < 1.29 is 57.4 Å². The number of carbonyl (C=O) groups is 9. The highest BCUT2D eigenvalue weighted by Gasteiger charge is 2.48. The normalized spacial score (nSPS) is 24.5. The fourth-order valence-corrected chi connectivity index (χ4v) is 12.5. The fourth-order valence-electron chi connectivity index (χ4n) is 10.8. The number of ether oxygens (including phenoxy) is 1. The Morgan fingerprint density at radius 3 is 1.99 bits per heavy atom. The number of aliphatic hydroxyl groups is 1. The maximum absolute atomic E-state index is 14.9. The number of allylic oxidation sites excluding steroid dienone is 2. The number of aromatic nitrogens is 1. The zero-order valence-electron chi connectivity index (χ0n) is 52.8. The Morgan fingerprint density at radius 1 is 0.700 bits per heavy atom. The van der Waals surface area contributed by atoms with Crippen LogP contribution in [0.5, 0.6) is 5.75 Å². The van der Waals surface area contributed by atoms with E-state index in [1.165, 1.54) is 57.9 Å². The Balaban J connectivity index is 1.28. The number of nitrogens with zero attached hydrogens (tertiary/aromatic N) is 1. The van der Waals surface area contributed by atoms with Crippen LogP contribution in [0.3, 0.4) is 0 Å². The number of thioether (sulfide) groups is 2. The number of amides is 9. The minimum atomic E-state index is -1.68. The summed E-state index contributed by atoms with van der Waals surface area (Å²) in [5, 5.41) is 33.4. The molecule has 0 saturated carbocycles. The molecule has 0 radical (unpaired) electrons. The number of nitrogens with one attached hydrogen (secondary N) is 9. The molecule has 1 aromatic heterocycles. The summed E-state index contributed by atoms with van der Waals surface area (Å²) in [4.78, 5) is 132. The number of H-pyrrole nitrogens is 1. The second-order valence-electron chi connectivity index (χ2n) is 23.5. The van der Waals surface area contributed by atoms with E-state index in [1.807, 2.05) is 18.2 Å². The lowest BCUT2D eigenvalue weighted by molar-refractivity contribution is -0.147. The zero-order chi connectivity index (χ0) is 65.3. The number of hydrogen-bond donors (Lipinski definition) is 10. The van der Waals surface area contributed by atoms with Gasteiger partial charge in [0.25, 0.3) is 0 Å². The van der Waals surface area contributed by atoms with Crippen LogP contribution in [-0.2, 0) is 67.5 Å². The third-order valence-corrected chi connectivity index (χ3v) is 18.2. The van der Waals surface area contributed by atoms with E-state index in [0.29, 0.717) is 89.4 Å². The largest absolute Gasteiger partial charge is 0.497 e. The third-order valence-electron chi connectivity index (χ3n) is 16.2. The lowest BCUT2D eigenvalue weighted by Gasteiger charge is -2.37. The molecule has 2 aliphatic heterocycles. The molecule has 90 heavy (non-hydrogen) atoms. The van der Waals surface area contributed by atoms with Gasteiger partial charge in [-0.3, -0.25) is 43.2 Å². The van der Waals surface area contributed by atoms with E-state index in [9.17, 15) is 52.6 Å². The summed E-state index contributed by atoms with van der Waals surface area (Å²) < 4.78 is 20.1. The first-order chi connectivity index (χ1) is 43.1. The zero-order valence-corrected chi connectivity index (χ0v) is 54.4. The Bertz CT molecular complexity index is 3130. The van der Waals surface area contributed by atoms with Gasteiger partial charge < -0.3 is 62.3 Å². The van der Waals surface area contributed by atoms with Crippen molar-refractivity contribution in [2.45, 2.75) is 190 Å². The topological polar surface area (TPSA) is 298 Å². The first kappa shape index (κ1) is 71.6. The van der Waals surface area contributed by atoms with Crippen molar-refractivity contribution in [1.29, 1.82) is 0 Å². The molecule has 21 nitrogen and oxygen atoms in total. The summed E-state index contributed by atoms with van der Waals surface area (Å²) in [5.74, 6) is -3.81. The number of rotatable bonds is 15. The Kier molecular flexibility index (Phi) is 28.5. The van der Waals surface area contributed by atoms with Crippen LogP contribution in [0.25, 0.3) is 10.9 Å². The molecule has 24 heteroatoms. The number of unbranched alkanes of at least 4 members (excludes halogenated alkanes) is 5. The van der Waals surface area contributed by atoms with Crippen LogP contribution >= 0.6 is 23.5 Å². The number of aromatic amines is 1.